The maximum Gasteiger partial charge on any atom is 0.306 e. The van der Waals surface area contributed by atoms with Crippen LogP contribution in [0.5, 0.6) is 0 Å². The fourth-order valence-corrected chi connectivity index (χ4v) is 4.46. The summed E-state index contributed by atoms with van der Waals surface area (Å²) in [6.45, 7) is 2.90. The van der Waals surface area contributed by atoms with E-state index in [-0.39, 0.29) is 29.6 Å². The second kappa shape index (κ2) is 7.77. The summed E-state index contributed by atoms with van der Waals surface area (Å²) < 4.78 is 27.8. The average Bonchev–Trinajstić information content (AvgIpc) is 2.86. The predicted octanol–water partition coefficient (Wildman–Crippen LogP) is 1.58. The van der Waals surface area contributed by atoms with Crippen LogP contribution in [0.3, 0.4) is 0 Å². The number of anilines is 1. The number of carbonyl (C=O) groups excluding carboxylic acids is 3. The lowest BCUT2D eigenvalue weighted by Crippen LogP contribution is -2.30. The van der Waals surface area contributed by atoms with Crippen molar-refractivity contribution < 1.29 is 27.5 Å². The molecule has 0 bridgehead atoms. The maximum atomic E-state index is 12.1. The van der Waals surface area contributed by atoms with Crippen molar-refractivity contribution >= 4 is 33.2 Å². The van der Waals surface area contributed by atoms with Crippen LogP contribution in [-0.4, -0.2) is 43.7 Å². The summed E-state index contributed by atoms with van der Waals surface area (Å²) >= 11 is 0. The molecule has 136 valence electrons. The number of ketones is 1. The molecular weight excluding hydrogens is 346 g/mol. The summed E-state index contributed by atoms with van der Waals surface area (Å²) in [5.41, 5.74) is 1.02. The largest absolute Gasteiger partial charge is 0.453 e. The normalized spacial score (nSPS) is 19.8. The van der Waals surface area contributed by atoms with E-state index in [1.54, 1.807) is 24.3 Å². The molecule has 1 aromatic carbocycles. The van der Waals surface area contributed by atoms with E-state index in [1.165, 1.54) is 13.8 Å². The van der Waals surface area contributed by atoms with Crippen molar-refractivity contribution in [1.82, 2.24) is 0 Å². The Balaban J connectivity index is 1.83. The molecule has 2 atom stereocenters. The number of rotatable bonds is 6. The van der Waals surface area contributed by atoms with Gasteiger partial charge in [0.25, 0.3) is 5.91 Å². The Morgan fingerprint density at radius 2 is 1.88 bits per heavy atom. The van der Waals surface area contributed by atoms with Crippen LogP contribution in [0, 0.1) is 5.92 Å². The third kappa shape index (κ3) is 5.67. The van der Waals surface area contributed by atoms with Crippen LogP contribution >= 0.6 is 0 Å². The summed E-state index contributed by atoms with van der Waals surface area (Å²) in [7, 11) is -3.05. The van der Waals surface area contributed by atoms with Crippen molar-refractivity contribution in [2.45, 2.75) is 32.8 Å². The van der Waals surface area contributed by atoms with Crippen molar-refractivity contribution in [2.24, 2.45) is 5.92 Å². The molecule has 1 aliphatic rings. The minimum Gasteiger partial charge on any atom is -0.453 e. The quantitative estimate of drug-likeness (QED) is 0.604. The van der Waals surface area contributed by atoms with Gasteiger partial charge in [-0.05, 0) is 50.5 Å². The Labute approximate surface area is 146 Å². The van der Waals surface area contributed by atoms with Crippen LogP contribution in [0.15, 0.2) is 24.3 Å². The molecule has 1 heterocycles. The SMILES string of the molecule is CC(=O)c1ccc(NC(=O)[C@H](C)OC(=O)C[C@@H]2CCS(=O)(=O)C2)cc1. The van der Waals surface area contributed by atoms with E-state index in [2.05, 4.69) is 5.32 Å². The van der Waals surface area contributed by atoms with Gasteiger partial charge in [-0.25, -0.2) is 8.42 Å². The molecule has 1 amide bonds. The van der Waals surface area contributed by atoms with E-state index in [9.17, 15) is 22.8 Å². The Morgan fingerprint density at radius 1 is 1.24 bits per heavy atom. The maximum absolute atomic E-state index is 12.1. The van der Waals surface area contributed by atoms with E-state index >= 15 is 0 Å². The van der Waals surface area contributed by atoms with Crippen LogP contribution in [0.25, 0.3) is 0 Å². The number of benzene rings is 1. The fourth-order valence-electron chi connectivity index (χ4n) is 2.60. The smallest absolute Gasteiger partial charge is 0.306 e. The van der Waals surface area contributed by atoms with E-state index in [4.69, 9.17) is 4.74 Å². The fraction of sp³-hybridized carbons (Fsp3) is 0.471. The van der Waals surface area contributed by atoms with Crippen LogP contribution in [0.2, 0.25) is 0 Å². The minimum atomic E-state index is -3.05. The van der Waals surface area contributed by atoms with Crippen molar-refractivity contribution in [1.29, 1.82) is 0 Å². The van der Waals surface area contributed by atoms with Crippen LogP contribution < -0.4 is 5.32 Å². The molecule has 0 aromatic heterocycles. The number of hydrogen-bond acceptors (Lipinski definition) is 6. The highest BCUT2D eigenvalue weighted by Gasteiger charge is 2.30. The van der Waals surface area contributed by atoms with Gasteiger partial charge in [-0.2, -0.15) is 0 Å². The summed E-state index contributed by atoms with van der Waals surface area (Å²) in [5, 5.41) is 2.60. The molecule has 1 saturated heterocycles. The minimum absolute atomic E-state index is 0.00876. The molecule has 7 nitrogen and oxygen atoms in total. The first-order valence-corrected chi connectivity index (χ1v) is 9.80. The molecule has 0 aliphatic carbocycles. The van der Waals surface area contributed by atoms with Crippen molar-refractivity contribution in [3.63, 3.8) is 0 Å². The molecule has 0 saturated carbocycles. The predicted molar refractivity (Wildman–Crippen MR) is 92.0 cm³/mol. The van der Waals surface area contributed by atoms with Gasteiger partial charge in [0.2, 0.25) is 0 Å². The lowest BCUT2D eigenvalue weighted by atomic mass is 10.1. The second-order valence-electron chi connectivity index (χ2n) is 6.23. The monoisotopic (exact) mass is 367 g/mol. The zero-order valence-corrected chi connectivity index (χ0v) is 15.0. The molecule has 0 radical (unpaired) electrons. The highest BCUT2D eigenvalue weighted by Crippen LogP contribution is 2.22. The third-order valence-electron chi connectivity index (χ3n) is 4.02. The zero-order valence-electron chi connectivity index (χ0n) is 14.2. The van der Waals surface area contributed by atoms with Crippen molar-refractivity contribution in [3.8, 4) is 0 Å². The standard InChI is InChI=1S/C17H21NO6S/c1-11(19)14-3-5-15(6-4-14)18-17(21)12(2)24-16(20)9-13-7-8-25(22,23)10-13/h3-6,12-13H,7-10H2,1-2H3,(H,18,21)/t12-,13-/m0/s1. The highest BCUT2D eigenvalue weighted by molar-refractivity contribution is 7.91. The number of ether oxygens (including phenoxy) is 1. The number of nitrogens with one attached hydrogen (secondary N) is 1. The van der Waals surface area contributed by atoms with Gasteiger partial charge in [0, 0.05) is 17.7 Å². The van der Waals surface area contributed by atoms with E-state index < -0.39 is 27.8 Å². The van der Waals surface area contributed by atoms with Crippen LogP contribution in [-0.2, 0) is 24.2 Å². The Bertz CT molecular complexity index is 769. The molecule has 1 N–H and O–H groups in total. The molecule has 1 aliphatic heterocycles. The van der Waals surface area contributed by atoms with Gasteiger partial charge in [-0.15, -0.1) is 0 Å². The Hall–Kier alpha value is -2.22. The van der Waals surface area contributed by atoms with Gasteiger partial charge in [0.15, 0.2) is 21.7 Å². The van der Waals surface area contributed by atoms with Crippen molar-refractivity contribution in [3.05, 3.63) is 29.8 Å². The van der Waals surface area contributed by atoms with Crippen LogP contribution in [0.4, 0.5) is 5.69 Å². The molecule has 25 heavy (non-hydrogen) atoms. The van der Waals surface area contributed by atoms with Crippen molar-refractivity contribution in [2.75, 3.05) is 16.8 Å². The number of sulfone groups is 1. The summed E-state index contributed by atoms with van der Waals surface area (Å²) in [4.78, 5) is 35.1. The van der Waals surface area contributed by atoms with Crippen LogP contribution in [0.1, 0.15) is 37.0 Å². The van der Waals surface area contributed by atoms with E-state index in [0.717, 1.165) is 0 Å². The molecule has 8 heteroatoms. The first-order valence-electron chi connectivity index (χ1n) is 7.98. The van der Waals surface area contributed by atoms with Gasteiger partial charge in [-0.3, -0.25) is 14.4 Å². The molecule has 1 aromatic rings. The second-order valence-corrected chi connectivity index (χ2v) is 8.46. The Morgan fingerprint density at radius 3 is 2.40 bits per heavy atom. The van der Waals surface area contributed by atoms with Gasteiger partial charge in [0.1, 0.15) is 0 Å². The van der Waals surface area contributed by atoms with E-state index in [0.29, 0.717) is 17.7 Å². The lowest BCUT2D eigenvalue weighted by Gasteiger charge is -2.15. The van der Waals surface area contributed by atoms with Gasteiger partial charge in [0.05, 0.1) is 11.5 Å². The summed E-state index contributed by atoms with van der Waals surface area (Å²) in [6, 6.07) is 6.36. The number of esters is 1. The summed E-state index contributed by atoms with van der Waals surface area (Å²) in [6.07, 6.45) is -0.567. The van der Waals surface area contributed by atoms with Gasteiger partial charge in [-0.1, -0.05) is 0 Å². The third-order valence-corrected chi connectivity index (χ3v) is 5.86. The molecule has 0 spiro atoms. The zero-order chi connectivity index (χ0) is 18.6. The summed E-state index contributed by atoms with van der Waals surface area (Å²) in [5.74, 6) is -1.32. The van der Waals surface area contributed by atoms with Gasteiger partial charge >= 0.3 is 5.97 Å². The first-order chi connectivity index (χ1) is 11.7. The molecule has 1 fully saturated rings. The topological polar surface area (TPSA) is 107 Å². The van der Waals surface area contributed by atoms with Gasteiger partial charge < -0.3 is 10.1 Å². The molecular formula is C17H21NO6S. The lowest BCUT2D eigenvalue weighted by molar-refractivity contribution is -0.153. The number of amides is 1. The highest BCUT2D eigenvalue weighted by atomic mass is 32.2. The number of hydrogen-bond donors (Lipinski definition) is 1. The Kier molecular flexibility index (Phi) is 5.94. The number of Topliss-reactive ketones (excluding diaryl/α,β-unsaturated/α-hetero) is 1. The number of carbonyl (C=O) groups is 3. The van der Waals surface area contributed by atoms with E-state index in [1.807, 2.05) is 0 Å². The molecule has 0 unspecified atom stereocenters. The first kappa shape index (κ1) is 19.1. The molecule has 2 rings (SSSR count). The average molecular weight is 367 g/mol.